The summed E-state index contributed by atoms with van der Waals surface area (Å²) in [4.78, 5) is -0.135. The van der Waals surface area contributed by atoms with Crippen molar-refractivity contribution in [3.05, 3.63) is 29.6 Å². The van der Waals surface area contributed by atoms with Crippen LogP contribution in [0.5, 0.6) is 0 Å². The van der Waals surface area contributed by atoms with E-state index in [0.29, 0.717) is 5.56 Å². The van der Waals surface area contributed by atoms with Gasteiger partial charge in [0.05, 0.1) is 11.5 Å². The Morgan fingerprint density at radius 3 is 2.44 bits per heavy atom. The Balaban J connectivity index is 3.02. The van der Waals surface area contributed by atoms with E-state index in [9.17, 15) is 12.8 Å². The van der Waals surface area contributed by atoms with E-state index in [4.69, 9.17) is 5.11 Å². The van der Waals surface area contributed by atoms with Gasteiger partial charge in [-0.1, -0.05) is 19.9 Å². The number of sulfonamides is 1. The lowest BCUT2D eigenvalue weighted by Gasteiger charge is -2.19. The van der Waals surface area contributed by atoms with Crippen LogP contribution in [0.1, 0.15) is 19.4 Å². The Morgan fingerprint density at radius 2 is 2.00 bits per heavy atom. The normalized spacial score (nSPS) is 13.9. The Hall–Kier alpha value is -0.980. The lowest BCUT2D eigenvalue weighted by atomic mass is 10.1. The molecule has 0 amide bonds. The molecule has 1 rings (SSSR count). The van der Waals surface area contributed by atoms with Crippen LogP contribution in [-0.4, -0.2) is 26.2 Å². The Morgan fingerprint density at radius 1 is 1.39 bits per heavy atom. The summed E-state index contributed by atoms with van der Waals surface area (Å²) in [6.07, 6.45) is 0. The van der Waals surface area contributed by atoms with Crippen LogP contribution in [0.2, 0.25) is 0 Å². The first-order chi connectivity index (χ1) is 8.27. The fraction of sp³-hybridized carbons (Fsp3) is 0.500. The predicted octanol–water partition coefficient (Wildman–Crippen LogP) is 1.43. The number of benzene rings is 1. The molecule has 0 aliphatic carbocycles. The van der Waals surface area contributed by atoms with E-state index in [1.807, 2.05) is 0 Å². The monoisotopic (exact) mass is 275 g/mol. The lowest BCUT2D eigenvalue weighted by Crippen LogP contribution is -2.41. The number of hydrogen-bond donors (Lipinski definition) is 2. The largest absolute Gasteiger partial charge is 0.395 e. The summed E-state index contributed by atoms with van der Waals surface area (Å²) < 4.78 is 39.7. The van der Waals surface area contributed by atoms with Crippen molar-refractivity contribution in [3.8, 4) is 0 Å². The minimum atomic E-state index is -3.81. The van der Waals surface area contributed by atoms with Crippen LogP contribution in [-0.2, 0) is 10.0 Å². The topological polar surface area (TPSA) is 66.4 Å². The zero-order valence-electron chi connectivity index (χ0n) is 10.6. The van der Waals surface area contributed by atoms with Crippen molar-refractivity contribution < 1.29 is 17.9 Å². The van der Waals surface area contributed by atoms with Gasteiger partial charge in [-0.15, -0.1) is 0 Å². The second kappa shape index (κ2) is 5.77. The minimum absolute atomic E-state index is 0.0555. The van der Waals surface area contributed by atoms with E-state index in [1.54, 1.807) is 20.8 Å². The molecule has 0 aliphatic heterocycles. The van der Waals surface area contributed by atoms with Gasteiger partial charge in [-0.25, -0.2) is 17.5 Å². The number of nitrogens with one attached hydrogen (secondary N) is 1. The van der Waals surface area contributed by atoms with Crippen molar-refractivity contribution in [1.29, 1.82) is 0 Å². The lowest BCUT2D eigenvalue weighted by molar-refractivity contribution is 0.227. The molecule has 0 radical (unpaired) electrons. The van der Waals surface area contributed by atoms with Gasteiger partial charge < -0.3 is 5.11 Å². The third kappa shape index (κ3) is 3.51. The summed E-state index contributed by atoms with van der Waals surface area (Å²) in [6, 6.07) is 3.15. The number of aliphatic hydroxyl groups is 1. The molecule has 1 aromatic rings. The zero-order chi connectivity index (χ0) is 13.9. The van der Waals surface area contributed by atoms with Gasteiger partial charge in [0.25, 0.3) is 0 Å². The average Bonchev–Trinajstić information content (AvgIpc) is 2.29. The smallest absolute Gasteiger partial charge is 0.241 e. The number of aryl methyl sites for hydroxylation is 1. The van der Waals surface area contributed by atoms with E-state index in [2.05, 4.69) is 4.72 Å². The Kier molecular flexibility index (Phi) is 4.84. The molecule has 102 valence electrons. The van der Waals surface area contributed by atoms with Gasteiger partial charge in [-0.3, -0.25) is 0 Å². The molecule has 0 saturated carbocycles. The molecule has 1 aromatic carbocycles. The highest BCUT2D eigenvalue weighted by Gasteiger charge is 2.22. The van der Waals surface area contributed by atoms with E-state index in [-0.39, 0.29) is 17.4 Å². The molecule has 4 nitrogen and oxygen atoms in total. The van der Waals surface area contributed by atoms with Crippen LogP contribution in [0.3, 0.4) is 0 Å². The molecular formula is C12H18FNO3S. The van der Waals surface area contributed by atoms with Gasteiger partial charge in [-0.2, -0.15) is 0 Å². The molecule has 2 N–H and O–H groups in total. The summed E-state index contributed by atoms with van der Waals surface area (Å²) in [5, 5.41) is 9.10. The first kappa shape index (κ1) is 15.1. The number of aliphatic hydroxyl groups excluding tert-OH is 1. The number of rotatable bonds is 5. The zero-order valence-corrected chi connectivity index (χ0v) is 11.5. The average molecular weight is 275 g/mol. The Bertz CT molecular complexity index is 514. The highest BCUT2D eigenvalue weighted by atomic mass is 32.2. The first-order valence-corrected chi connectivity index (χ1v) is 7.15. The maximum atomic E-state index is 13.3. The van der Waals surface area contributed by atoms with Crippen LogP contribution in [0.15, 0.2) is 23.1 Å². The quantitative estimate of drug-likeness (QED) is 0.854. The molecule has 6 heteroatoms. The summed E-state index contributed by atoms with van der Waals surface area (Å²) in [5.74, 6) is -0.622. The minimum Gasteiger partial charge on any atom is -0.395 e. The molecule has 0 aromatic heterocycles. The van der Waals surface area contributed by atoms with Crippen molar-refractivity contribution in [1.82, 2.24) is 4.72 Å². The van der Waals surface area contributed by atoms with Gasteiger partial charge >= 0.3 is 0 Å². The second-order valence-electron chi connectivity index (χ2n) is 4.57. The van der Waals surface area contributed by atoms with Gasteiger partial charge in [0.2, 0.25) is 10.0 Å². The summed E-state index contributed by atoms with van der Waals surface area (Å²) in [7, 11) is -3.81. The van der Waals surface area contributed by atoms with Crippen LogP contribution in [0, 0.1) is 18.7 Å². The summed E-state index contributed by atoms with van der Waals surface area (Å²) in [6.45, 7) is 4.84. The van der Waals surface area contributed by atoms with Gasteiger partial charge in [0.1, 0.15) is 5.82 Å². The van der Waals surface area contributed by atoms with Crippen molar-refractivity contribution >= 4 is 10.0 Å². The van der Waals surface area contributed by atoms with Crippen LogP contribution < -0.4 is 4.72 Å². The van der Waals surface area contributed by atoms with Crippen molar-refractivity contribution in [2.45, 2.75) is 31.7 Å². The second-order valence-corrected chi connectivity index (χ2v) is 6.28. The molecule has 0 heterocycles. The first-order valence-electron chi connectivity index (χ1n) is 5.67. The third-order valence-electron chi connectivity index (χ3n) is 2.76. The fourth-order valence-corrected chi connectivity index (χ4v) is 2.78. The Labute approximate surface area is 107 Å². The highest BCUT2D eigenvalue weighted by Crippen LogP contribution is 2.15. The van der Waals surface area contributed by atoms with Crippen molar-refractivity contribution in [2.24, 2.45) is 5.92 Å². The molecule has 0 fully saturated rings. The standard InChI is InChI=1S/C12H18FNO3S/c1-8(2)12(7-15)14-18(16,17)10-5-4-9(3)11(13)6-10/h4-6,8,12,14-15H,7H2,1-3H3/t12-/m1/s1. The van der Waals surface area contributed by atoms with Crippen LogP contribution >= 0.6 is 0 Å². The summed E-state index contributed by atoms with van der Waals surface area (Å²) in [5.41, 5.74) is 0.386. The highest BCUT2D eigenvalue weighted by molar-refractivity contribution is 7.89. The molecule has 0 bridgehead atoms. The fourth-order valence-electron chi connectivity index (χ4n) is 1.39. The predicted molar refractivity (Wildman–Crippen MR) is 67.2 cm³/mol. The number of hydrogen-bond acceptors (Lipinski definition) is 3. The van der Waals surface area contributed by atoms with Gasteiger partial charge in [0.15, 0.2) is 0 Å². The van der Waals surface area contributed by atoms with Crippen molar-refractivity contribution in [3.63, 3.8) is 0 Å². The molecule has 0 aliphatic rings. The van der Waals surface area contributed by atoms with Crippen LogP contribution in [0.4, 0.5) is 4.39 Å². The molecular weight excluding hydrogens is 257 g/mol. The van der Waals surface area contributed by atoms with E-state index >= 15 is 0 Å². The molecule has 0 saturated heterocycles. The van der Waals surface area contributed by atoms with E-state index in [0.717, 1.165) is 6.07 Å². The molecule has 0 spiro atoms. The maximum Gasteiger partial charge on any atom is 0.241 e. The van der Waals surface area contributed by atoms with E-state index < -0.39 is 21.9 Å². The SMILES string of the molecule is Cc1ccc(S(=O)(=O)N[C@H](CO)C(C)C)cc1F. The molecule has 1 atom stereocenters. The maximum absolute atomic E-state index is 13.3. The molecule has 0 unspecified atom stereocenters. The van der Waals surface area contributed by atoms with Gasteiger partial charge in [0, 0.05) is 6.04 Å². The summed E-state index contributed by atoms with van der Waals surface area (Å²) >= 11 is 0. The van der Waals surface area contributed by atoms with Gasteiger partial charge in [-0.05, 0) is 30.5 Å². The molecule has 18 heavy (non-hydrogen) atoms. The third-order valence-corrected chi connectivity index (χ3v) is 4.25. The van der Waals surface area contributed by atoms with Crippen LogP contribution in [0.25, 0.3) is 0 Å². The van der Waals surface area contributed by atoms with Crippen molar-refractivity contribution in [2.75, 3.05) is 6.61 Å². The van der Waals surface area contributed by atoms with E-state index in [1.165, 1.54) is 12.1 Å². The number of halogens is 1.